The van der Waals surface area contributed by atoms with Crippen LogP contribution in [-0.4, -0.2) is 35.4 Å². The van der Waals surface area contributed by atoms with Crippen molar-refractivity contribution in [3.63, 3.8) is 0 Å². The summed E-state index contributed by atoms with van der Waals surface area (Å²) in [7, 11) is 0. The highest BCUT2D eigenvalue weighted by atomic mass is 15.5. The van der Waals surface area contributed by atoms with E-state index in [0.29, 0.717) is 12.4 Å². The third-order valence-corrected chi connectivity index (χ3v) is 6.02. The molecule has 5 rings (SSSR count). The molecule has 0 radical (unpaired) electrons. The number of hydrogen-bond acceptors (Lipinski definition) is 6. The molecule has 0 amide bonds. The number of aryl methyl sites for hydroxylation is 2. The van der Waals surface area contributed by atoms with Crippen molar-refractivity contribution in [2.24, 2.45) is 0 Å². The van der Waals surface area contributed by atoms with Gasteiger partial charge in [-0.3, -0.25) is 0 Å². The summed E-state index contributed by atoms with van der Waals surface area (Å²) in [6.45, 7) is 4.92. The highest BCUT2D eigenvalue weighted by Crippen LogP contribution is 2.30. The van der Waals surface area contributed by atoms with Crippen LogP contribution in [0.1, 0.15) is 42.5 Å². The number of aromatic amines is 1. The molecule has 8 nitrogen and oxygen atoms in total. The minimum atomic E-state index is 0.274. The summed E-state index contributed by atoms with van der Waals surface area (Å²) in [5.74, 6) is 2.80. The maximum absolute atomic E-state index is 5.82. The number of H-pyrrole nitrogens is 1. The molecule has 2 heterocycles. The Hall–Kier alpha value is -4.33. The van der Waals surface area contributed by atoms with Gasteiger partial charge < -0.3 is 5.73 Å². The number of tetrazole rings is 1. The minimum absolute atomic E-state index is 0.274. The number of anilines is 1. The molecule has 0 saturated heterocycles. The summed E-state index contributed by atoms with van der Waals surface area (Å²) >= 11 is 0. The average Bonchev–Trinajstić information content (AvgIpc) is 3.55. The van der Waals surface area contributed by atoms with Crippen LogP contribution >= 0.6 is 0 Å². The molecule has 3 N–H and O–H groups in total. The van der Waals surface area contributed by atoms with Crippen LogP contribution in [0.15, 0.2) is 72.8 Å². The molecule has 0 aliphatic carbocycles. The smallest absolute Gasteiger partial charge is 0.180 e. The molecule has 0 bridgehead atoms. The van der Waals surface area contributed by atoms with E-state index in [9.17, 15) is 0 Å². The van der Waals surface area contributed by atoms with Gasteiger partial charge >= 0.3 is 0 Å². The zero-order valence-corrected chi connectivity index (χ0v) is 19.9. The number of benzene rings is 3. The molecule has 0 saturated carbocycles. The van der Waals surface area contributed by atoms with E-state index in [-0.39, 0.29) is 5.92 Å². The Bertz CT molecular complexity index is 1380. The molecule has 0 spiro atoms. The highest BCUT2D eigenvalue weighted by molar-refractivity contribution is 5.80. The zero-order chi connectivity index (χ0) is 24.2. The molecular formula is C27H28N8. The Balaban J connectivity index is 1.36. The largest absolute Gasteiger partial charge is 0.399 e. The summed E-state index contributed by atoms with van der Waals surface area (Å²) in [5.41, 5.74) is 12.2. The zero-order valence-electron chi connectivity index (χ0n) is 19.9. The van der Waals surface area contributed by atoms with Gasteiger partial charge in [0.2, 0.25) is 0 Å². The molecule has 2 aromatic heterocycles. The van der Waals surface area contributed by atoms with Crippen molar-refractivity contribution in [3.05, 3.63) is 95.6 Å². The van der Waals surface area contributed by atoms with Crippen LogP contribution in [0.5, 0.6) is 0 Å². The van der Waals surface area contributed by atoms with Crippen molar-refractivity contribution >= 4 is 5.69 Å². The number of aromatic nitrogens is 7. The Labute approximate surface area is 204 Å². The lowest BCUT2D eigenvalue weighted by molar-refractivity contribution is 0.622. The van der Waals surface area contributed by atoms with Crippen LogP contribution in [0.25, 0.3) is 22.5 Å². The van der Waals surface area contributed by atoms with E-state index in [0.717, 1.165) is 46.9 Å². The molecule has 0 aliphatic rings. The second kappa shape index (κ2) is 9.89. The summed E-state index contributed by atoms with van der Waals surface area (Å²) in [5, 5.41) is 19.2. The second-order valence-corrected chi connectivity index (χ2v) is 8.93. The molecular weight excluding hydrogens is 436 g/mol. The van der Waals surface area contributed by atoms with Crippen molar-refractivity contribution in [2.75, 3.05) is 5.73 Å². The fourth-order valence-corrected chi connectivity index (χ4v) is 4.07. The minimum Gasteiger partial charge on any atom is -0.399 e. The van der Waals surface area contributed by atoms with Gasteiger partial charge in [0.25, 0.3) is 0 Å². The van der Waals surface area contributed by atoms with E-state index in [1.165, 1.54) is 11.1 Å². The van der Waals surface area contributed by atoms with Gasteiger partial charge in [0.1, 0.15) is 5.82 Å². The van der Waals surface area contributed by atoms with Crippen LogP contribution in [0.2, 0.25) is 0 Å². The number of nitrogens with zero attached hydrogens (tertiary/aromatic N) is 6. The van der Waals surface area contributed by atoms with E-state index in [1.807, 2.05) is 35.0 Å². The monoisotopic (exact) mass is 464 g/mol. The van der Waals surface area contributed by atoms with Gasteiger partial charge in [-0.1, -0.05) is 74.5 Å². The van der Waals surface area contributed by atoms with E-state index in [2.05, 4.69) is 76.9 Å². The van der Waals surface area contributed by atoms with Crippen LogP contribution < -0.4 is 5.73 Å². The van der Waals surface area contributed by atoms with E-state index in [1.54, 1.807) is 0 Å². The third-order valence-electron chi connectivity index (χ3n) is 6.02. The molecule has 0 atom stereocenters. The molecule has 176 valence electrons. The fourth-order valence-electron chi connectivity index (χ4n) is 4.07. The normalized spacial score (nSPS) is 11.3. The number of hydrogen-bond donors (Lipinski definition) is 2. The van der Waals surface area contributed by atoms with Crippen LogP contribution in [0.4, 0.5) is 5.69 Å². The Morgan fingerprint density at radius 3 is 2.26 bits per heavy atom. The van der Waals surface area contributed by atoms with Crippen molar-refractivity contribution < 1.29 is 0 Å². The van der Waals surface area contributed by atoms with Gasteiger partial charge in [0.15, 0.2) is 11.6 Å². The number of nitrogens with one attached hydrogen (secondary N) is 1. The molecule has 0 fully saturated rings. The number of nitrogen functional groups attached to an aromatic ring is 1. The lowest BCUT2D eigenvalue weighted by Gasteiger charge is -2.10. The second-order valence-electron chi connectivity index (χ2n) is 8.93. The van der Waals surface area contributed by atoms with Gasteiger partial charge in [-0.05, 0) is 51.2 Å². The maximum Gasteiger partial charge on any atom is 0.180 e. The molecule has 5 aromatic rings. The van der Waals surface area contributed by atoms with Crippen LogP contribution in [0.3, 0.4) is 0 Å². The summed E-state index contributed by atoms with van der Waals surface area (Å²) in [4.78, 5) is 4.85. The summed E-state index contributed by atoms with van der Waals surface area (Å²) in [6.07, 6.45) is 1.71. The molecule has 35 heavy (non-hydrogen) atoms. The topological polar surface area (TPSA) is 111 Å². The van der Waals surface area contributed by atoms with Gasteiger partial charge in [0.05, 0.1) is 6.54 Å². The lowest BCUT2D eigenvalue weighted by Crippen LogP contribution is -2.08. The Kier molecular flexibility index (Phi) is 6.34. The van der Waals surface area contributed by atoms with Crippen molar-refractivity contribution in [2.45, 2.75) is 39.2 Å². The average molecular weight is 465 g/mol. The number of nitrogens with two attached hydrogens (primary N) is 1. The molecule has 3 aromatic carbocycles. The van der Waals surface area contributed by atoms with Crippen molar-refractivity contribution in [1.29, 1.82) is 0 Å². The molecule has 0 unspecified atom stereocenters. The quantitative estimate of drug-likeness (QED) is 0.323. The third kappa shape index (κ3) is 5.11. The fraction of sp³-hybridized carbons (Fsp3) is 0.222. The molecule has 0 aliphatic heterocycles. The standard InChI is InChI=1S/C27H28N8/c1-18(2)26-29-25(16-11-19-9-14-22(28)15-10-19)35(32-26)17-20-7-12-21(13-8-20)23-5-3-4-6-24(23)27-30-33-34-31-27/h3-10,12-15,18H,11,16-17,28H2,1-2H3,(H,30,31,33,34). The predicted octanol–water partition coefficient (Wildman–Crippen LogP) is 4.66. The summed E-state index contributed by atoms with van der Waals surface area (Å²) in [6, 6.07) is 24.7. The summed E-state index contributed by atoms with van der Waals surface area (Å²) < 4.78 is 2.04. The van der Waals surface area contributed by atoms with E-state index >= 15 is 0 Å². The molecule has 8 heteroatoms. The Morgan fingerprint density at radius 2 is 1.57 bits per heavy atom. The highest BCUT2D eigenvalue weighted by Gasteiger charge is 2.14. The van der Waals surface area contributed by atoms with Crippen molar-refractivity contribution in [1.82, 2.24) is 35.4 Å². The van der Waals surface area contributed by atoms with Gasteiger partial charge in [-0.2, -0.15) is 5.10 Å². The van der Waals surface area contributed by atoms with Gasteiger partial charge in [-0.25, -0.2) is 14.8 Å². The van der Waals surface area contributed by atoms with E-state index < -0.39 is 0 Å². The first-order valence-electron chi connectivity index (χ1n) is 11.8. The van der Waals surface area contributed by atoms with E-state index in [4.69, 9.17) is 15.8 Å². The van der Waals surface area contributed by atoms with Crippen molar-refractivity contribution in [3.8, 4) is 22.5 Å². The maximum atomic E-state index is 5.82. The van der Waals surface area contributed by atoms with Gasteiger partial charge in [0, 0.05) is 23.6 Å². The Morgan fingerprint density at radius 1 is 0.857 bits per heavy atom. The van der Waals surface area contributed by atoms with Gasteiger partial charge in [-0.15, -0.1) is 5.10 Å². The SMILES string of the molecule is CC(C)c1nc(CCc2ccc(N)cc2)n(Cc2ccc(-c3ccccc3-c3nnn[nH]3)cc2)n1. The number of rotatable bonds is 8. The lowest BCUT2D eigenvalue weighted by atomic mass is 9.98. The first kappa shape index (κ1) is 22.5. The van der Waals surface area contributed by atoms with Crippen LogP contribution in [-0.2, 0) is 19.4 Å². The first-order valence-corrected chi connectivity index (χ1v) is 11.8. The predicted molar refractivity (Wildman–Crippen MR) is 137 cm³/mol. The first-order chi connectivity index (χ1) is 17.1. The van der Waals surface area contributed by atoms with Crippen LogP contribution in [0, 0.1) is 0 Å².